The summed E-state index contributed by atoms with van der Waals surface area (Å²) in [7, 11) is 2.11. The fraction of sp³-hybridized carbons (Fsp3) is 0.750. The Morgan fingerprint density at radius 3 is 2.33 bits per heavy atom. The van der Waals surface area contributed by atoms with Crippen molar-refractivity contribution >= 4 is 16.9 Å². The highest BCUT2D eigenvalue weighted by molar-refractivity contribution is 7.82. The van der Waals surface area contributed by atoms with Crippen molar-refractivity contribution in [3.8, 4) is 0 Å². The second kappa shape index (κ2) is 3.45. The molecule has 54 valence electrons. The van der Waals surface area contributed by atoms with E-state index in [1.54, 1.807) is 14.1 Å². The van der Waals surface area contributed by atoms with Crippen LogP contribution in [0.5, 0.6) is 0 Å². The molecule has 5 heteroatoms. The highest BCUT2D eigenvalue weighted by atomic mass is 32.2. The van der Waals surface area contributed by atoms with E-state index >= 15 is 0 Å². The third kappa shape index (κ3) is 2.46. The number of hydrogen-bond donors (Lipinski definition) is 1. The van der Waals surface area contributed by atoms with Crippen molar-refractivity contribution in [2.75, 3.05) is 20.4 Å². The van der Waals surface area contributed by atoms with Crippen LogP contribution in [0.1, 0.15) is 0 Å². The first-order valence-electron chi connectivity index (χ1n) is 2.39. The van der Waals surface area contributed by atoms with Crippen LogP contribution in [0.15, 0.2) is 4.99 Å². The van der Waals surface area contributed by atoms with E-state index in [9.17, 15) is 4.21 Å². The molecule has 0 fully saturated rings. The minimum absolute atomic E-state index is 0.288. The molecule has 0 aromatic heterocycles. The molecule has 0 spiro atoms. The van der Waals surface area contributed by atoms with Crippen LogP contribution in [0.2, 0.25) is 0 Å². The normalized spacial score (nSPS) is 15.2. The van der Waals surface area contributed by atoms with E-state index in [1.807, 2.05) is 0 Å². The van der Waals surface area contributed by atoms with E-state index in [0.29, 0.717) is 0 Å². The molecule has 1 atom stereocenters. The summed E-state index contributed by atoms with van der Waals surface area (Å²) < 4.78 is 12.0. The summed E-state index contributed by atoms with van der Waals surface area (Å²) in [5.74, 6) is 0.288. The molecule has 4 nitrogen and oxygen atoms in total. The molecule has 0 heterocycles. The van der Waals surface area contributed by atoms with Crippen molar-refractivity contribution in [2.24, 2.45) is 10.7 Å². The van der Waals surface area contributed by atoms with Crippen LogP contribution in [0, 0.1) is 0 Å². The van der Waals surface area contributed by atoms with Crippen LogP contribution in [-0.4, -0.2) is 34.8 Å². The van der Waals surface area contributed by atoms with Gasteiger partial charge >= 0.3 is 0 Å². The lowest BCUT2D eigenvalue weighted by Crippen LogP contribution is -2.34. The van der Waals surface area contributed by atoms with Crippen LogP contribution in [-0.2, 0) is 11.0 Å². The first-order valence-corrected chi connectivity index (χ1v) is 3.90. The first-order chi connectivity index (χ1) is 4.09. The van der Waals surface area contributed by atoms with Crippen molar-refractivity contribution in [3.63, 3.8) is 0 Å². The average Bonchev–Trinajstić information content (AvgIpc) is 1.84. The minimum atomic E-state index is -1.06. The predicted molar refractivity (Wildman–Crippen MR) is 39.4 cm³/mol. The van der Waals surface area contributed by atoms with E-state index in [4.69, 9.17) is 5.73 Å². The van der Waals surface area contributed by atoms with Gasteiger partial charge in [-0.15, -0.1) is 0 Å². The Balaban J connectivity index is 4.04. The van der Waals surface area contributed by atoms with Gasteiger partial charge in [-0.2, -0.15) is 0 Å². The van der Waals surface area contributed by atoms with Gasteiger partial charge in [0.2, 0.25) is 5.96 Å². The van der Waals surface area contributed by atoms with Crippen LogP contribution in [0.25, 0.3) is 0 Å². The SMILES string of the molecule is CN=C(N)N(C)S(C)=O. The number of nitrogens with two attached hydrogens (primary N) is 1. The number of guanidine groups is 1. The summed E-state index contributed by atoms with van der Waals surface area (Å²) in [6.45, 7) is 0. The molecule has 0 saturated carbocycles. The van der Waals surface area contributed by atoms with E-state index in [1.165, 1.54) is 10.6 Å². The Labute approximate surface area is 57.3 Å². The van der Waals surface area contributed by atoms with Crippen LogP contribution >= 0.6 is 0 Å². The third-order valence-corrected chi connectivity index (χ3v) is 1.90. The molecule has 0 aliphatic heterocycles. The maximum Gasteiger partial charge on any atom is 0.202 e. The van der Waals surface area contributed by atoms with Gasteiger partial charge in [0, 0.05) is 20.4 Å². The fourth-order valence-corrected chi connectivity index (χ4v) is 0.618. The van der Waals surface area contributed by atoms with Gasteiger partial charge in [0.15, 0.2) is 0 Å². The van der Waals surface area contributed by atoms with E-state index in [2.05, 4.69) is 4.99 Å². The molecule has 0 rings (SSSR count). The molecule has 0 aromatic carbocycles. The van der Waals surface area contributed by atoms with Crippen molar-refractivity contribution in [1.29, 1.82) is 0 Å². The Morgan fingerprint density at radius 2 is 2.22 bits per heavy atom. The summed E-state index contributed by atoms with van der Waals surface area (Å²) >= 11 is 0. The van der Waals surface area contributed by atoms with Crippen molar-refractivity contribution in [3.05, 3.63) is 0 Å². The highest BCUT2D eigenvalue weighted by Crippen LogP contribution is 1.83. The predicted octanol–water partition coefficient (Wildman–Crippen LogP) is -0.844. The van der Waals surface area contributed by atoms with Crippen molar-refractivity contribution in [1.82, 2.24) is 4.31 Å². The minimum Gasteiger partial charge on any atom is -0.369 e. The quantitative estimate of drug-likeness (QED) is 0.390. The zero-order chi connectivity index (χ0) is 7.44. The molecule has 0 aliphatic carbocycles. The van der Waals surface area contributed by atoms with Gasteiger partial charge in [-0.3, -0.25) is 9.30 Å². The third-order valence-electron chi connectivity index (χ3n) is 0.937. The fourth-order valence-electron chi connectivity index (χ4n) is 0.273. The zero-order valence-corrected chi connectivity index (χ0v) is 6.60. The van der Waals surface area contributed by atoms with Gasteiger partial charge in [-0.25, -0.2) is 4.21 Å². The first kappa shape index (κ1) is 8.42. The lowest BCUT2D eigenvalue weighted by molar-refractivity contribution is 0.648. The lowest BCUT2D eigenvalue weighted by Gasteiger charge is -2.12. The number of hydrogen-bond acceptors (Lipinski definition) is 2. The second-order valence-electron chi connectivity index (χ2n) is 1.50. The van der Waals surface area contributed by atoms with Gasteiger partial charge < -0.3 is 5.73 Å². The van der Waals surface area contributed by atoms with Gasteiger partial charge in [0.25, 0.3) is 0 Å². The van der Waals surface area contributed by atoms with Crippen LogP contribution in [0.3, 0.4) is 0 Å². The van der Waals surface area contributed by atoms with Crippen molar-refractivity contribution < 1.29 is 4.21 Å². The largest absolute Gasteiger partial charge is 0.369 e. The maximum absolute atomic E-state index is 10.6. The van der Waals surface area contributed by atoms with E-state index in [0.717, 1.165) is 0 Å². The lowest BCUT2D eigenvalue weighted by atomic mass is 11.0. The molecule has 0 saturated heterocycles. The number of aliphatic imine (C=N–C) groups is 1. The molecule has 0 aromatic rings. The van der Waals surface area contributed by atoms with Crippen LogP contribution < -0.4 is 5.73 Å². The average molecular weight is 149 g/mol. The standard InChI is InChI=1S/C4H11N3OS/c1-6-4(5)7(2)9(3)8/h1-3H3,(H2,5,6). The molecule has 1 unspecified atom stereocenters. The van der Waals surface area contributed by atoms with Gasteiger partial charge in [0.05, 0.1) is 0 Å². The Hall–Kier alpha value is -0.580. The molecule has 0 radical (unpaired) electrons. The molecule has 0 amide bonds. The Morgan fingerprint density at radius 1 is 1.78 bits per heavy atom. The molecule has 0 bridgehead atoms. The molecule has 9 heavy (non-hydrogen) atoms. The van der Waals surface area contributed by atoms with E-state index in [-0.39, 0.29) is 5.96 Å². The van der Waals surface area contributed by atoms with Gasteiger partial charge in [-0.05, 0) is 0 Å². The topological polar surface area (TPSA) is 58.7 Å². The van der Waals surface area contributed by atoms with Crippen molar-refractivity contribution in [2.45, 2.75) is 0 Å². The summed E-state index contributed by atoms with van der Waals surface area (Å²) in [5, 5.41) is 0. The zero-order valence-electron chi connectivity index (χ0n) is 5.79. The Bertz CT molecular complexity index is 145. The van der Waals surface area contributed by atoms with Crippen LogP contribution in [0.4, 0.5) is 0 Å². The second-order valence-corrected chi connectivity index (χ2v) is 2.90. The monoisotopic (exact) mass is 149 g/mol. The van der Waals surface area contributed by atoms with E-state index < -0.39 is 11.0 Å². The maximum atomic E-state index is 10.6. The van der Waals surface area contributed by atoms with Gasteiger partial charge in [-0.1, -0.05) is 0 Å². The molecular formula is C4H11N3OS. The molecule has 0 aliphatic rings. The number of rotatable bonds is 1. The smallest absolute Gasteiger partial charge is 0.202 e. The van der Waals surface area contributed by atoms with Gasteiger partial charge in [0.1, 0.15) is 11.0 Å². The Kier molecular flexibility index (Phi) is 3.22. The summed E-state index contributed by atoms with van der Waals surface area (Å²) in [6.07, 6.45) is 1.54. The molecular weight excluding hydrogens is 138 g/mol. The molecule has 2 N–H and O–H groups in total. The number of nitrogens with zero attached hydrogens (tertiary/aromatic N) is 2. The summed E-state index contributed by atoms with van der Waals surface area (Å²) in [5.41, 5.74) is 5.30. The summed E-state index contributed by atoms with van der Waals surface area (Å²) in [6, 6.07) is 0. The highest BCUT2D eigenvalue weighted by Gasteiger charge is 2.01. The summed E-state index contributed by atoms with van der Waals surface area (Å²) in [4.78, 5) is 3.64.